The number of hydrogen-bond donors (Lipinski definition) is 0. The first-order valence-corrected chi connectivity index (χ1v) is 4.51. The third kappa shape index (κ3) is 1.75. The van der Waals surface area contributed by atoms with Crippen molar-refractivity contribution in [1.29, 1.82) is 0 Å². The quantitative estimate of drug-likeness (QED) is 0.697. The van der Waals surface area contributed by atoms with Gasteiger partial charge in [0.1, 0.15) is 5.82 Å². The molecule has 0 saturated carbocycles. The SMILES string of the molecule is Fc1ccc(-c2ccccn2)c(Cl)c1. The van der Waals surface area contributed by atoms with Gasteiger partial charge in [0, 0.05) is 11.8 Å². The van der Waals surface area contributed by atoms with Gasteiger partial charge in [-0.1, -0.05) is 17.7 Å². The number of hydrogen-bond acceptors (Lipinski definition) is 1. The lowest BCUT2D eigenvalue weighted by molar-refractivity contribution is 0.628. The van der Waals surface area contributed by atoms with Crippen molar-refractivity contribution < 1.29 is 4.39 Å². The van der Waals surface area contributed by atoms with Crippen molar-refractivity contribution in [3.63, 3.8) is 0 Å². The van der Waals surface area contributed by atoms with E-state index < -0.39 is 0 Å². The van der Waals surface area contributed by atoms with Crippen molar-refractivity contribution in [2.45, 2.75) is 0 Å². The second-order valence-electron chi connectivity index (χ2n) is 2.84. The summed E-state index contributed by atoms with van der Waals surface area (Å²) in [4.78, 5) is 4.13. The van der Waals surface area contributed by atoms with Crippen LogP contribution in [0.5, 0.6) is 0 Å². The highest BCUT2D eigenvalue weighted by molar-refractivity contribution is 6.33. The Bertz CT molecular complexity index is 442. The van der Waals surface area contributed by atoms with Crippen molar-refractivity contribution >= 4 is 11.6 Å². The summed E-state index contributed by atoms with van der Waals surface area (Å²) in [5.74, 6) is -0.338. The minimum Gasteiger partial charge on any atom is -0.256 e. The minimum atomic E-state index is -0.338. The third-order valence-corrected chi connectivity index (χ3v) is 2.18. The molecule has 0 fully saturated rings. The topological polar surface area (TPSA) is 12.9 Å². The summed E-state index contributed by atoms with van der Waals surface area (Å²) >= 11 is 5.88. The van der Waals surface area contributed by atoms with Crippen LogP contribution in [0.25, 0.3) is 11.3 Å². The molecule has 0 aliphatic carbocycles. The van der Waals surface area contributed by atoms with Gasteiger partial charge in [0.15, 0.2) is 0 Å². The van der Waals surface area contributed by atoms with Crippen LogP contribution in [0.15, 0.2) is 42.6 Å². The van der Waals surface area contributed by atoms with Crippen LogP contribution in [0.4, 0.5) is 4.39 Å². The summed E-state index contributed by atoms with van der Waals surface area (Å²) in [6, 6.07) is 9.80. The lowest BCUT2D eigenvalue weighted by atomic mass is 10.1. The first kappa shape index (κ1) is 9.16. The average molecular weight is 208 g/mol. The smallest absolute Gasteiger partial charge is 0.124 e. The van der Waals surface area contributed by atoms with Crippen LogP contribution >= 0.6 is 11.6 Å². The predicted molar refractivity (Wildman–Crippen MR) is 54.6 cm³/mol. The van der Waals surface area contributed by atoms with Gasteiger partial charge in [-0.25, -0.2) is 4.39 Å². The Labute approximate surface area is 86.2 Å². The fourth-order valence-electron chi connectivity index (χ4n) is 1.22. The van der Waals surface area contributed by atoms with E-state index in [0.717, 1.165) is 11.3 Å². The monoisotopic (exact) mass is 207 g/mol. The zero-order valence-corrected chi connectivity index (χ0v) is 8.00. The Balaban J connectivity index is 2.53. The molecule has 14 heavy (non-hydrogen) atoms. The molecule has 1 heterocycles. The molecular formula is C11H7ClFN. The molecule has 0 unspecified atom stereocenters. The molecule has 0 amide bonds. The van der Waals surface area contributed by atoms with Crippen molar-refractivity contribution in [2.24, 2.45) is 0 Å². The number of aromatic nitrogens is 1. The molecule has 0 aliphatic rings. The molecular weight excluding hydrogens is 201 g/mol. The van der Waals surface area contributed by atoms with Gasteiger partial charge >= 0.3 is 0 Å². The molecule has 1 aromatic heterocycles. The highest BCUT2D eigenvalue weighted by Gasteiger charge is 2.04. The Kier molecular flexibility index (Phi) is 2.46. The summed E-state index contributed by atoms with van der Waals surface area (Å²) in [6.45, 7) is 0. The number of nitrogens with zero attached hydrogens (tertiary/aromatic N) is 1. The second kappa shape index (κ2) is 3.76. The summed E-state index contributed by atoms with van der Waals surface area (Å²) < 4.78 is 12.8. The highest BCUT2D eigenvalue weighted by Crippen LogP contribution is 2.26. The molecule has 0 radical (unpaired) electrons. The average Bonchev–Trinajstić information content (AvgIpc) is 2.19. The number of pyridine rings is 1. The molecule has 2 aromatic rings. The Morgan fingerprint density at radius 2 is 2.00 bits per heavy atom. The van der Waals surface area contributed by atoms with E-state index in [9.17, 15) is 4.39 Å². The van der Waals surface area contributed by atoms with Crippen LogP contribution in [0, 0.1) is 5.82 Å². The fraction of sp³-hybridized carbons (Fsp3) is 0. The Morgan fingerprint density at radius 1 is 1.14 bits per heavy atom. The Hall–Kier alpha value is -1.41. The van der Waals surface area contributed by atoms with Gasteiger partial charge in [-0.05, 0) is 30.3 Å². The normalized spacial score (nSPS) is 10.1. The molecule has 1 aromatic carbocycles. The minimum absolute atomic E-state index is 0.338. The van der Waals surface area contributed by atoms with Gasteiger partial charge in [0.25, 0.3) is 0 Å². The van der Waals surface area contributed by atoms with Crippen molar-refractivity contribution in [3.8, 4) is 11.3 Å². The lowest BCUT2D eigenvalue weighted by Crippen LogP contribution is -1.84. The van der Waals surface area contributed by atoms with E-state index in [1.165, 1.54) is 12.1 Å². The van der Waals surface area contributed by atoms with Gasteiger partial charge in [-0.15, -0.1) is 0 Å². The number of benzene rings is 1. The zero-order chi connectivity index (χ0) is 9.97. The Morgan fingerprint density at radius 3 is 2.64 bits per heavy atom. The van der Waals surface area contributed by atoms with E-state index in [4.69, 9.17) is 11.6 Å². The summed E-state index contributed by atoms with van der Waals surface area (Å²) in [7, 11) is 0. The first-order chi connectivity index (χ1) is 6.77. The van der Waals surface area contributed by atoms with Gasteiger partial charge in [0.05, 0.1) is 10.7 Å². The summed E-state index contributed by atoms with van der Waals surface area (Å²) in [6.07, 6.45) is 1.68. The van der Waals surface area contributed by atoms with E-state index in [1.54, 1.807) is 12.3 Å². The van der Waals surface area contributed by atoms with E-state index >= 15 is 0 Å². The highest BCUT2D eigenvalue weighted by atomic mass is 35.5. The molecule has 0 bridgehead atoms. The summed E-state index contributed by atoms with van der Waals surface area (Å²) in [5.41, 5.74) is 1.49. The predicted octanol–water partition coefficient (Wildman–Crippen LogP) is 3.54. The van der Waals surface area contributed by atoms with Gasteiger partial charge in [0.2, 0.25) is 0 Å². The van der Waals surface area contributed by atoms with Crippen molar-refractivity contribution in [2.75, 3.05) is 0 Å². The molecule has 1 nitrogen and oxygen atoms in total. The molecule has 0 aliphatic heterocycles. The van der Waals surface area contributed by atoms with Crippen molar-refractivity contribution in [3.05, 3.63) is 53.4 Å². The molecule has 0 saturated heterocycles. The van der Waals surface area contributed by atoms with Crippen LogP contribution in [0.3, 0.4) is 0 Å². The number of halogens is 2. The van der Waals surface area contributed by atoms with Gasteiger partial charge < -0.3 is 0 Å². The van der Waals surface area contributed by atoms with Gasteiger partial charge in [-0.2, -0.15) is 0 Å². The zero-order valence-electron chi connectivity index (χ0n) is 7.24. The second-order valence-corrected chi connectivity index (χ2v) is 3.25. The molecule has 3 heteroatoms. The van der Waals surface area contributed by atoms with E-state index in [1.807, 2.05) is 18.2 Å². The van der Waals surface area contributed by atoms with Crippen molar-refractivity contribution in [1.82, 2.24) is 4.98 Å². The van der Waals surface area contributed by atoms with Crippen LogP contribution in [0.2, 0.25) is 5.02 Å². The molecule has 2 rings (SSSR count). The third-order valence-electron chi connectivity index (χ3n) is 1.87. The maximum atomic E-state index is 12.8. The van der Waals surface area contributed by atoms with Crippen LogP contribution in [-0.4, -0.2) is 4.98 Å². The molecule has 70 valence electrons. The lowest BCUT2D eigenvalue weighted by Gasteiger charge is -2.02. The van der Waals surface area contributed by atoms with E-state index in [-0.39, 0.29) is 5.82 Å². The fourth-order valence-corrected chi connectivity index (χ4v) is 1.48. The van der Waals surface area contributed by atoms with E-state index in [2.05, 4.69) is 4.98 Å². The standard InChI is InChI=1S/C11H7ClFN/c12-10-7-8(13)4-5-9(10)11-3-1-2-6-14-11/h1-7H. The molecule has 0 spiro atoms. The largest absolute Gasteiger partial charge is 0.256 e. The molecule has 0 atom stereocenters. The first-order valence-electron chi connectivity index (χ1n) is 4.14. The maximum absolute atomic E-state index is 12.8. The molecule has 0 N–H and O–H groups in total. The maximum Gasteiger partial charge on any atom is 0.124 e. The summed E-state index contributed by atoms with van der Waals surface area (Å²) in [5, 5.41) is 0.378. The van der Waals surface area contributed by atoms with Crippen LogP contribution in [-0.2, 0) is 0 Å². The van der Waals surface area contributed by atoms with Crippen LogP contribution < -0.4 is 0 Å². The van der Waals surface area contributed by atoms with E-state index in [0.29, 0.717) is 5.02 Å². The van der Waals surface area contributed by atoms with Crippen LogP contribution in [0.1, 0.15) is 0 Å². The number of rotatable bonds is 1. The van der Waals surface area contributed by atoms with Gasteiger partial charge in [-0.3, -0.25) is 4.98 Å².